The van der Waals surface area contributed by atoms with Crippen molar-refractivity contribution in [1.82, 2.24) is 28.4 Å². The summed E-state index contributed by atoms with van der Waals surface area (Å²) >= 11 is 0. The molecule has 1 aliphatic heterocycles. The summed E-state index contributed by atoms with van der Waals surface area (Å²) in [4.78, 5) is 26.0. The average Bonchev–Trinajstić information content (AvgIpc) is 3.51. The maximum absolute atomic E-state index is 12.8. The summed E-state index contributed by atoms with van der Waals surface area (Å²) < 4.78 is 58.5. The molecule has 0 fully saturated rings. The van der Waals surface area contributed by atoms with Crippen molar-refractivity contribution in [3.8, 4) is 0 Å². The van der Waals surface area contributed by atoms with Gasteiger partial charge in [-0.3, -0.25) is 14.0 Å². The smallest absolute Gasteiger partial charge is 0.408 e. The van der Waals surface area contributed by atoms with E-state index in [1.54, 1.807) is 24.3 Å². The van der Waals surface area contributed by atoms with Crippen molar-refractivity contribution in [2.45, 2.75) is 37.5 Å². The fraction of sp³-hybridized carbons (Fsp3) is 0.263. The van der Waals surface area contributed by atoms with Gasteiger partial charge in [0.2, 0.25) is 5.91 Å². The van der Waals surface area contributed by atoms with E-state index >= 15 is 0 Å². The van der Waals surface area contributed by atoms with Crippen LogP contribution >= 0.6 is 0 Å². The Morgan fingerprint density at radius 3 is 2.73 bits per heavy atom. The molecule has 0 saturated carbocycles. The van der Waals surface area contributed by atoms with Crippen molar-refractivity contribution >= 4 is 27.0 Å². The molecule has 0 N–H and O–H groups in total. The fourth-order valence-corrected chi connectivity index (χ4v) is 4.78. The summed E-state index contributed by atoms with van der Waals surface area (Å²) in [5.74, 6) is -1.01. The van der Waals surface area contributed by atoms with Gasteiger partial charge < -0.3 is 9.32 Å². The van der Waals surface area contributed by atoms with E-state index in [-0.39, 0.29) is 30.4 Å². The topological polar surface area (TPSA) is 125 Å². The van der Waals surface area contributed by atoms with Crippen LogP contribution in [-0.4, -0.2) is 49.2 Å². The van der Waals surface area contributed by atoms with Crippen LogP contribution in [0.4, 0.5) is 8.78 Å². The summed E-state index contributed by atoms with van der Waals surface area (Å²) in [6, 6.07) is 6.74. The molecule has 0 bridgehead atoms. The quantitative estimate of drug-likeness (QED) is 0.405. The molecule has 1 amide bonds. The summed E-state index contributed by atoms with van der Waals surface area (Å²) in [7, 11) is -4.12. The number of hydrogen-bond acceptors (Lipinski definition) is 7. The molecule has 0 saturated heterocycles. The Labute approximate surface area is 184 Å². The molecule has 0 spiro atoms. The lowest BCUT2D eigenvalue weighted by atomic mass is 10.3. The third kappa shape index (κ3) is 3.71. The predicted molar refractivity (Wildman–Crippen MR) is 108 cm³/mol. The van der Waals surface area contributed by atoms with Gasteiger partial charge in [-0.25, -0.2) is 13.6 Å². The van der Waals surface area contributed by atoms with E-state index in [0.29, 0.717) is 22.4 Å². The predicted octanol–water partition coefficient (Wildman–Crippen LogP) is 1.03. The molecular weight excluding hydrogens is 462 g/mol. The van der Waals surface area contributed by atoms with Crippen LogP contribution in [0.2, 0.25) is 0 Å². The zero-order valence-corrected chi connectivity index (χ0v) is 17.7. The fourth-order valence-electron chi connectivity index (χ4n) is 3.65. The lowest BCUT2D eigenvalue weighted by molar-refractivity contribution is -0.132. The molecule has 172 valence electrons. The van der Waals surface area contributed by atoms with E-state index in [9.17, 15) is 26.8 Å². The number of hydrogen-bond donors (Lipinski definition) is 0. The number of halogens is 2. The molecule has 4 aromatic rings. The van der Waals surface area contributed by atoms with Crippen molar-refractivity contribution in [2.75, 3.05) is 0 Å². The van der Waals surface area contributed by atoms with Crippen molar-refractivity contribution in [3.05, 3.63) is 64.7 Å². The third-order valence-corrected chi connectivity index (χ3v) is 6.74. The molecule has 5 rings (SSSR count). The number of para-hydroxylation sites is 2. The Morgan fingerprint density at radius 1 is 1.18 bits per heavy atom. The van der Waals surface area contributed by atoms with Crippen molar-refractivity contribution in [3.63, 3.8) is 0 Å². The van der Waals surface area contributed by atoms with Crippen LogP contribution in [0.5, 0.6) is 0 Å². The van der Waals surface area contributed by atoms with Crippen LogP contribution in [0, 0.1) is 0 Å². The van der Waals surface area contributed by atoms with Crippen molar-refractivity contribution < 1.29 is 26.4 Å². The Kier molecular flexibility index (Phi) is 4.88. The zero-order chi connectivity index (χ0) is 23.3. The Bertz CT molecular complexity index is 1510. The second kappa shape index (κ2) is 7.65. The van der Waals surface area contributed by atoms with Gasteiger partial charge >= 0.3 is 5.76 Å². The first-order valence-electron chi connectivity index (χ1n) is 9.72. The Morgan fingerprint density at radius 2 is 1.97 bits per heavy atom. The number of aromatic nitrogens is 5. The van der Waals surface area contributed by atoms with Gasteiger partial charge in [-0.15, -0.1) is 0 Å². The minimum atomic E-state index is -4.12. The number of alkyl halides is 2. The van der Waals surface area contributed by atoms with Gasteiger partial charge in [0.25, 0.3) is 16.4 Å². The molecule has 1 aromatic carbocycles. The largest absolute Gasteiger partial charge is 0.420 e. The first kappa shape index (κ1) is 21.1. The number of oxazole rings is 1. The molecule has 0 radical (unpaired) electrons. The third-order valence-electron chi connectivity index (χ3n) is 5.26. The SMILES string of the molecule is O=C(Cn1c(=O)oc2ccccc21)N1Cc2cn(S(=O)(=O)c3cnn(CC(F)F)c3)nc2C1. The zero-order valence-electron chi connectivity index (χ0n) is 16.8. The molecule has 4 heterocycles. The molecule has 0 unspecified atom stereocenters. The molecule has 0 atom stereocenters. The van der Waals surface area contributed by atoms with E-state index < -0.39 is 28.7 Å². The van der Waals surface area contributed by atoms with Crippen molar-refractivity contribution in [2.24, 2.45) is 0 Å². The number of nitrogens with zero attached hydrogens (tertiary/aromatic N) is 6. The van der Waals surface area contributed by atoms with E-state index in [2.05, 4.69) is 10.2 Å². The average molecular weight is 478 g/mol. The van der Waals surface area contributed by atoms with E-state index in [4.69, 9.17) is 4.42 Å². The maximum Gasteiger partial charge on any atom is 0.420 e. The lowest BCUT2D eigenvalue weighted by Gasteiger charge is -2.15. The highest BCUT2D eigenvalue weighted by Gasteiger charge is 2.30. The summed E-state index contributed by atoms with van der Waals surface area (Å²) in [5.41, 5.74) is 1.78. The highest BCUT2D eigenvalue weighted by atomic mass is 32.2. The van der Waals surface area contributed by atoms with Crippen LogP contribution < -0.4 is 5.76 Å². The van der Waals surface area contributed by atoms with Gasteiger partial charge in [0, 0.05) is 24.5 Å². The number of benzene rings is 1. The minimum absolute atomic E-state index is 0.0614. The summed E-state index contributed by atoms with van der Waals surface area (Å²) in [6.45, 7) is -0.788. The van der Waals surface area contributed by atoms with Gasteiger partial charge in [0.15, 0.2) is 5.58 Å². The van der Waals surface area contributed by atoms with Crippen LogP contribution in [-0.2, 0) is 41.0 Å². The van der Waals surface area contributed by atoms with Gasteiger partial charge in [0.1, 0.15) is 18.0 Å². The lowest BCUT2D eigenvalue weighted by Crippen LogP contribution is -2.32. The molecular formula is C19H16F2N6O5S. The molecule has 1 aliphatic rings. The Hall–Kier alpha value is -3.81. The summed E-state index contributed by atoms with van der Waals surface area (Å²) in [5, 5.41) is 7.71. The normalized spacial score (nSPS) is 13.8. The van der Waals surface area contributed by atoms with Gasteiger partial charge in [0.05, 0.1) is 24.0 Å². The molecule has 3 aromatic heterocycles. The monoisotopic (exact) mass is 478 g/mol. The first-order chi connectivity index (χ1) is 15.7. The van der Waals surface area contributed by atoms with Crippen LogP contribution in [0.3, 0.4) is 0 Å². The van der Waals surface area contributed by atoms with Crippen LogP contribution in [0.25, 0.3) is 11.1 Å². The second-order valence-corrected chi connectivity index (χ2v) is 9.24. The number of amides is 1. The standard InChI is InChI=1S/C19H16F2N6O5S/c20-17(21)10-25-8-13(5-22-25)33(30,31)27-7-12-6-24(9-14(12)23-27)18(28)11-26-15-3-1-2-4-16(15)32-19(26)29/h1-5,7-8,17H,6,9-11H2. The first-order valence-corrected chi connectivity index (χ1v) is 11.2. The number of carbonyl (C=O) groups is 1. The number of carbonyl (C=O) groups excluding carboxylic acids is 1. The van der Waals surface area contributed by atoms with Gasteiger partial charge in [-0.2, -0.15) is 22.7 Å². The molecule has 14 heteroatoms. The maximum atomic E-state index is 12.8. The molecule has 11 nitrogen and oxygen atoms in total. The van der Waals surface area contributed by atoms with Crippen molar-refractivity contribution in [1.29, 1.82) is 0 Å². The van der Waals surface area contributed by atoms with Gasteiger partial charge in [-0.05, 0) is 12.1 Å². The van der Waals surface area contributed by atoms with E-state index in [1.165, 1.54) is 15.7 Å². The highest BCUT2D eigenvalue weighted by molar-refractivity contribution is 7.89. The van der Waals surface area contributed by atoms with Crippen LogP contribution in [0.1, 0.15) is 11.3 Å². The highest BCUT2D eigenvalue weighted by Crippen LogP contribution is 2.24. The van der Waals surface area contributed by atoms with Gasteiger partial charge in [-0.1, -0.05) is 12.1 Å². The molecule has 33 heavy (non-hydrogen) atoms. The van der Waals surface area contributed by atoms with E-state index in [1.807, 2.05) is 0 Å². The number of fused-ring (bicyclic) bond motifs is 2. The number of rotatable bonds is 6. The minimum Gasteiger partial charge on any atom is -0.408 e. The second-order valence-electron chi connectivity index (χ2n) is 7.44. The van der Waals surface area contributed by atoms with Crippen LogP contribution in [0.15, 0.2) is 57.0 Å². The Balaban J connectivity index is 1.32. The molecule has 0 aliphatic carbocycles. The summed E-state index contributed by atoms with van der Waals surface area (Å²) in [6.07, 6.45) is 0.597. The van der Waals surface area contributed by atoms with E-state index in [0.717, 1.165) is 21.2 Å².